The van der Waals surface area contributed by atoms with Crippen LogP contribution in [0.2, 0.25) is 0 Å². The summed E-state index contributed by atoms with van der Waals surface area (Å²) in [6, 6.07) is 6.10. The van der Waals surface area contributed by atoms with E-state index < -0.39 is 0 Å². The van der Waals surface area contributed by atoms with Crippen LogP contribution in [-0.2, 0) is 0 Å². The van der Waals surface area contributed by atoms with Gasteiger partial charge in [0.2, 0.25) is 0 Å². The lowest BCUT2D eigenvalue weighted by Gasteiger charge is -2.17. The molecule has 128 valence electrons. The van der Waals surface area contributed by atoms with Crippen molar-refractivity contribution in [2.75, 3.05) is 20.8 Å². The molecule has 1 aromatic carbocycles. The number of hydrogen-bond donors (Lipinski definition) is 1. The molecule has 0 saturated heterocycles. The smallest absolute Gasteiger partial charge is 0.123 e. The van der Waals surface area contributed by atoms with Gasteiger partial charge in [0.05, 0.1) is 14.2 Å². The molecule has 0 aromatic heterocycles. The first kappa shape index (κ1) is 19.3. The van der Waals surface area contributed by atoms with E-state index in [9.17, 15) is 0 Å². The fourth-order valence-corrected chi connectivity index (χ4v) is 2.39. The molecule has 3 nitrogen and oxygen atoms in total. The minimum atomic E-state index is 0.196. The van der Waals surface area contributed by atoms with Gasteiger partial charge in [-0.3, -0.25) is 0 Å². The molecule has 3 heteroatoms. The van der Waals surface area contributed by atoms with Crippen LogP contribution in [0.1, 0.15) is 52.1 Å². The largest absolute Gasteiger partial charge is 0.497 e. The molecular formula is C20H31NO2. The van der Waals surface area contributed by atoms with Crippen LogP contribution in [0.5, 0.6) is 11.5 Å². The Morgan fingerprint density at radius 2 is 1.87 bits per heavy atom. The monoisotopic (exact) mass is 317 g/mol. The van der Waals surface area contributed by atoms with Crippen LogP contribution in [0.4, 0.5) is 0 Å². The van der Waals surface area contributed by atoms with Crippen LogP contribution < -0.4 is 14.8 Å². The first-order chi connectivity index (χ1) is 11.0. The molecule has 0 spiro atoms. The van der Waals surface area contributed by atoms with Gasteiger partial charge in [-0.1, -0.05) is 23.3 Å². The SMILES string of the molecule is COc1ccc(OC)c(C(C)NC/C=C(\C)CCC=C(C)C)c1. The number of benzene rings is 1. The van der Waals surface area contributed by atoms with Gasteiger partial charge in [-0.05, 0) is 58.7 Å². The quantitative estimate of drug-likeness (QED) is 0.647. The van der Waals surface area contributed by atoms with E-state index in [1.165, 1.54) is 11.1 Å². The van der Waals surface area contributed by atoms with Crippen molar-refractivity contribution in [2.45, 2.75) is 46.6 Å². The molecule has 0 amide bonds. The normalized spacial score (nSPS) is 12.7. The summed E-state index contributed by atoms with van der Waals surface area (Å²) in [4.78, 5) is 0. The fraction of sp³-hybridized carbons (Fsp3) is 0.500. The summed E-state index contributed by atoms with van der Waals surface area (Å²) < 4.78 is 10.8. The van der Waals surface area contributed by atoms with Gasteiger partial charge in [-0.25, -0.2) is 0 Å². The van der Waals surface area contributed by atoms with Crippen LogP contribution in [0.25, 0.3) is 0 Å². The molecule has 1 rings (SSSR count). The highest BCUT2D eigenvalue weighted by atomic mass is 16.5. The van der Waals surface area contributed by atoms with Crippen molar-refractivity contribution in [3.05, 3.63) is 47.1 Å². The lowest BCUT2D eigenvalue weighted by Crippen LogP contribution is -2.19. The minimum absolute atomic E-state index is 0.196. The highest BCUT2D eigenvalue weighted by molar-refractivity contribution is 5.42. The maximum Gasteiger partial charge on any atom is 0.123 e. The van der Waals surface area contributed by atoms with E-state index in [-0.39, 0.29) is 6.04 Å². The topological polar surface area (TPSA) is 30.5 Å². The Morgan fingerprint density at radius 1 is 1.13 bits per heavy atom. The zero-order chi connectivity index (χ0) is 17.2. The van der Waals surface area contributed by atoms with E-state index in [0.29, 0.717) is 0 Å². The van der Waals surface area contributed by atoms with E-state index in [4.69, 9.17) is 9.47 Å². The average molecular weight is 317 g/mol. The van der Waals surface area contributed by atoms with Crippen molar-refractivity contribution in [1.82, 2.24) is 5.32 Å². The van der Waals surface area contributed by atoms with Gasteiger partial charge in [-0.2, -0.15) is 0 Å². The summed E-state index contributed by atoms with van der Waals surface area (Å²) in [6.45, 7) is 9.47. The molecule has 1 N–H and O–H groups in total. The molecule has 1 atom stereocenters. The van der Waals surface area contributed by atoms with E-state index in [1.807, 2.05) is 18.2 Å². The van der Waals surface area contributed by atoms with Gasteiger partial charge in [0, 0.05) is 18.2 Å². The van der Waals surface area contributed by atoms with Gasteiger partial charge < -0.3 is 14.8 Å². The van der Waals surface area contributed by atoms with E-state index >= 15 is 0 Å². The highest BCUT2D eigenvalue weighted by Crippen LogP contribution is 2.29. The molecule has 23 heavy (non-hydrogen) atoms. The standard InChI is InChI=1S/C20H31NO2/c1-15(2)8-7-9-16(3)12-13-21-17(4)19-14-18(22-5)10-11-20(19)23-6/h8,10-12,14,17,21H,7,9,13H2,1-6H3/b16-12+. The maximum absolute atomic E-state index is 5.45. The lowest BCUT2D eigenvalue weighted by atomic mass is 10.1. The molecule has 0 bridgehead atoms. The third-order valence-electron chi connectivity index (χ3n) is 3.87. The van der Waals surface area contributed by atoms with Gasteiger partial charge in [0.1, 0.15) is 11.5 Å². The summed E-state index contributed by atoms with van der Waals surface area (Å²) in [5.41, 5.74) is 3.91. The molecule has 0 aliphatic rings. The molecule has 1 unspecified atom stereocenters. The second-order valence-corrected chi connectivity index (χ2v) is 6.11. The molecule has 0 fully saturated rings. The van der Waals surface area contributed by atoms with Crippen molar-refractivity contribution in [3.8, 4) is 11.5 Å². The molecular weight excluding hydrogens is 286 g/mol. The van der Waals surface area contributed by atoms with Crippen molar-refractivity contribution in [3.63, 3.8) is 0 Å². The predicted octanol–water partition coefficient (Wildman–Crippen LogP) is 5.05. The van der Waals surface area contributed by atoms with Crippen molar-refractivity contribution < 1.29 is 9.47 Å². The molecule has 1 aromatic rings. The Kier molecular flexibility index (Phi) is 8.49. The number of rotatable bonds is 9. The van der Waals surface area contributed by atoms with Crippen molar-refractivity contribution >= 4 is 0 Å². The summed E-state index contributed by atoms with van der Waals surface area (Å²) in [5, 5.41) is 3.53. The summed E-state index contributed by atoms with van der Waals surface area (Å²) in [5.74, 6) is 1.73. The number of hydrogen-bond acceptors (Lipinski definition) is 3. The van der Waals surface area contributed by atoms with Crippen LogP contribution in [0.15, 0.2) is 41.5 Å². The Labute approximate surface area is 141 Å². The minimum Gasteiger partial charge on any atom is -0.497 e. The summed E-state index contributed by atoms with van der Waals surface area (Å²) in [7, 11) is 3.38. The van der Waals surface area contributed by atoms with E-state index in [0.717, 1.165) is 36.4 Å². The zero-order valence-electron chi connectivity index (χ0n) is 15.4. The second-order valence-electron chi connectivity index (χ2n) is 6.11. The molecule has 0 heterocycles. The number of nitrogens with one attached hydrogen (secondary N) is 1. The van der Waals surface area contributed by atoms with Crippen LogP contribution in [-0.4, -0.2) is 20.8 Å². The zero-order valence-corrected chi connectivity index (χ0v) is 15.4. The molecule has 0 saturated carbocycles. The number of allylic oxidation sites excluding steroid dienone is 3. The number of ether oxygens (including phenoxy) is 2. The van der Waals surface area contributed by atoms with Crippen molar-refractivity contribution in [1.29, 1.82) is 0 Å². The first-order valence-corrected chi connectivity index (χ1v) is 8.22. The van der Waals surface area contributed by atoms with Crippen molar-refractivity contribution in [2.24, 2.45) is 0 Å². The Morgan fingerprint density at radius 3 is 2.48 bits per heavy atom. The van der Waals surface area contributed by atoms with Gasteiger partial charge in [-0.15, -0.1) is 0 Å². The molecule has 0 aliphatic carbocycles. The Hall–Kier alpha value is -1.74. The van der Waals surface area contributed by atoms with Gasteiger partial charge >= 0.3 is 0 Å². The van der Waals surface area contributed by atoms with Crippen LogP contribution in [0, 0.1) is 0 Å². The second kappa shape index (κ2) is 10.1. The maximum atomic E-state index is 5.45. The summed E-state index contributed by atoms with van der Waals surface area (Å²) in [6.07, 6.45) is 6.78. The molecule has 0 radical (unpaired) electrons. The highest BCUT2D eigenvalue weighted by Gasteiger charge is 2.11. The predicted molar refractivity (Wildman–Crippen MR) is 98.4 cm³/mol. The Bertz CT molecular complexity index is 543. The number of methoxy groups -OCH3 is 2. The summed E-state index contributed by atoms with van der Waals surface area (Å²) >= 11 is 0. The van der Waals surface area contributed by atoms with Gasteiger partial charge in [0.15, 0.2) is 0 Å². The fourth-order valence-electron chi connectivity index (χ4n) is 2.39. The average Bonchev–Trinajstić information content (AvgIpc) is 2.53. The lowest BCUT2D eigenvalue weighted by molar-refractivity contribution is 0.393. The van der Waals surface area contributed by atoms with Gasteiger partial charge in [0.25, 0.3) is 0 Å². The van der Waals surface area contributed by atoms with E-state index in [1.54, 1.807) is 14.2 Å². The third-order valence-corrected chi connectivity index (χ3v) is 3.87. The van der Waals surface area contributed by atoms with Crippen LogP contribution >= 0.6 is 0 Å². The first-order valence-electron chi connectivity index (χ1n) is 8.22. The van der Waals surface area contributed by atoms with Crippen LogP contribution in [0.3, 0.4) is 0 Å². The molecule has 0 aliphatic heterocycles. The Balaban J connectivity index is 2.59. The third kappa shape index (κ3) is 6.91. The van der Waals surface area contributed by atoms with E-state index in [2.05, 4.69) is 45.2 Å².